The number of carbonyl (C=O) groups excluding carboxylic acids is 2. The fourth-order valence-corrected chi connectivity index (χ4v) is 4.78. The molecule has 4 aliphatic rings. The minimum atomic E-state index is -1.38. The lowest BCUT2D eigenvalue weighted by molar-refractivity contribution is -0.152. The van der Waals surface area contributed by atoms with Crippen LogP contribution in [0.15, 0.2) is 0 Å². The average Bonchev–Trinajstić information content (AvgIpc) is 2.45. The molecule has 0 aromatic rings. The SMILES string of the molecule is CCOC(=O)C1(Cl)C(=O)C2CC3CC(C2)CC1C3. The maximum absolute atomic E-state index is 12.6. The van der Waals surface area contributed by atoms with Crippen molar-refractivity contribution < 1.29 is 14.3 Å². The molecule has 4 aliphatic carbocycles. The number of Topliss-reactive ketones (excluding diaryl/α,β-unsaturated/α-hetero) is 1. The largest absolute Gasteiger partial charge is 0.464 e. The van der Waals surface area contributed by atoms with E-state index in [0.717, 1.165) is 25.7 Å². The van der Waals surface area contributed by atoms with Gasteiger partial charge in [-0.1, -0.05) is 11.6 Å². The van der Waals surface area contributed by atoms with Crippen molar-refractivity contribution in [2.24, 2.45) is 23.7 Å². The van der Waals surface area contributed by atoms with Gasteiger partial charge < -0.3 is 4.74 Å². The van der Waals surface area contributed by atoms with Crippen molar-refractivity contribution in [1.29, 1.82) is 0 Å². The Labute approximate surface area is 112 Å². The number of rotatable bonds is 2. The lowest BCUT2D eigenvalue weighted by Gasteiger charge is -2.39. The molecule has 0 N–H and O–H groups in total. The summed E-state index contributed by atoms with van der Waals surface area (Å²) in [4.78, 5) is 23.4. The van der Waals surface area contributed by atoms with Gasteiger partial charge in [0, 0.05) is 5.92 Å². The highest BCUT2D eigenvalue weighted by Crippen LogP contribution is 2.55. The van der Waals surface area contributed by atoms with E-state index in [2.05, 4.69) is 0 Å². The van der Waals surface area contributed by atoms with Gasteiger partial charge in [-0.05, 0) is 56.8 Å². The van der Waals surface area contributed by atoms with Crippen LogP contribution in [-0.4, -0.2) is 23.2 Å². The predicted octanol–water partition coefficient (Wildman–Crippen LogP) is 2.55. The van der Waals surface area contributed by atoms with Crippen molar-refractivity contribution in [3.05, 3.63) is 0 Å². The minimum Gasteiger partial charge on any atom is -0.464 e. The maximum Gasteiger partial charge on any atom is 0.335 e. The summed E-state index contributed by atoms with van der Waals surface area (Å²) in [5, 5.41) is 0. The molecular formula is C14H19ClO3. The number of hydrogen-bond donors (Lipinski definition) is 0. The molecule has 18 heavy (non-hydrogen) atoms. The van der Waals surface area contributed by atoms with Crippen LogP contribution in [0.3, 0.4) is 0 Å². The molecular weight excluding hydrogens is 252 g/mol. The Hall–Kier alpha value is -0.570. The molecule has 0 saturated heterocycles. The highest BCUT2D eigenvalue weighted by Gasteiger charge is 2.60. The van der Waals surface area contributed by atoms with Crippen LogP contribution < -0.4 is 0 Å². The molecule has 0 aromatic carbocycles. The normalized spacial score (nSPS) is 46.0. The standard InChI is InChI=1S/C14H19ClO3/c1-2-18-13(17)14(15)11-6-8-3-9(7-11)5-10(4-8)12(14)16/h8-11H,2-7H2,1H3. The number of ether oxygens (including phenoxy) is 1. The van der Waals surface area contributed by atoms with E-state index in [9.17, 15) is 9.59 Å². The van der Waals surface area contributed by atoms with Crippen LogP contribution in [0.25, 0.3) is 0 Å². The summed E-state index contributed by atoms with van der Waals surface area (Å²) in [6.07, 6.45) is 4.91. The van der Waals surface area contributed by atoms with Crippen LogP contribution in [0.5, 0.6) is 0 Å². The smallest absolute Gasteiger partial charge is 0.335 e. The van der Waals surface area contributed by atoms with Gasteiger partial charge in [0.15, 0.2) is 5.78 Å². The lowest BCUT2D eigenvalue weighted by atomic mass is 9.67. The zero-order valence-corrected chi connectivity index (χ0v) is 11.4. The van der Waals surface area contributed by atoms with Gasteiger partial charge in [-0.3, -0.25) is 4.79 Å². The monoisotopic (exact) mass is 270 g/mol. The summed E-state index contributed by atoms with van der Waals surface area (Å²) in [6, 6.07) is 0. The fourth-order valence-electron chi connectivity index (χ4n) is 4.39. The predicted molar refractivity (Wildman–Crippen MR) is 67.3 cm³/mol. The van der Waals surface area contributed by atoms with Gasteiger partial charge in [0.05, 0.1) is 6.61 Å². The second-order valence-electron chi connectivity index (χ2n) is 6.10. The van der Waals surface area contributed by atoms with E-state index in [1.165, 1.54) is 6.42 Å². The summed E-state index contributed by atoms with van der Waals surface area (Å²) in [6.45, 7) is 2.04. The third kappa shape index (κ3) is 1.63. The summed E-state index contributed by atoms with van der Waals surface area (Å²) in [7, 11) is 0. The molecule has 4 heteroatoms. The summed E-state index contributed by atoms with van der Waals surface area (Å²) >= 11 is 6.52. The van der Waals surface area contributed by atoms with Crippen molar-refractivity contribution in [3.8, 4) is 0 Å². The first kappa shape index (κ1) is 12.5. The van der Waals surface area contributed by atoms with Crippen LogP contribution in [0.2, 0.25) is 0 Å². The Morgan fingerprint density at radius 1 is 1.28 bits per heavy atom. The van der Waals surface area contributed by atoms with Crippen LogP contribution in [0.4, 0.5) is 0 Å². The van der Waals surface area contributed by atoms with Crippen LogP contribution >= 0.6 is 11.6 Å². The molecule has 0 aromatic heterocycles. The van der Waals surface area contributed by atoms with Gasteiger partial charge in [0.2, 0.25) is 4.87 Å². The molecule has 4 rings (SSSR count). The first-order valence-electron chi connectivity index (χ1n) is 6.96. The van der Waals surface area contributed by atoms with Crippen molar-refractivity contribution >= 4 is 23.4 Å². The Kier molecular flexibility index (Phi) is 2.92. The van der Waals surface area contributed by atoms with Gasteiger partial charge >= 0.3 is 5.97 Å². The summed E-state index contributed by atoms with van der Waals surface area (Å²) < 4.78 is 5.08. The fraction of sp³-hybridized carbons (Fsp3) is 0.857. The number of fused-ring (bicyclic) bond motifs is 1. The number of carbonyl (C=O) groups is 2. The van der Waals surface area contributed by atoms with Crippen LogP contribution in [0.1, 0.15) is 39.0 Å². The highest BCUT2D eigenvalue weighted by atomic mass is 35.5. The van der Waals surface area contributed by atoms with E-state index < -0.39 is 10.8 Å². The number of hydrogen-bond acceptors (Lipinski definition) is 3. The van der Waals surface area contributed by atoms with E-state index in [4.69, 9.17) is 16.3 Å². The molecule has 0 aliphatic heterocycles. The third-order valence-corrected chi connectivity index (χ3v) is 5.65. The Bertz CT molecular complexity index is 381. The van der Waals surface area contributed by atoms with Crippen molar-refractivity contribution in [2.45, 2.75) is 43.9 Å². The molecule has 4 fully saturated rings. The molecule has 4 bridgehead atoms. The zero-order chi connectivity index (χ0) is 12.9. The molecule has 3 nitrogen and oxygen atoms in total. The van der Waals surface area contributed by atoms with Gasteiger partial charge in [0.1, 0.15) is 0 Å². The molecule has 4 saturated carbocycles. The van der Waals surface area contributed by atoms with E-state index in [1.807, 2.05) is 0 Å². The van der Waals surface area contributed by atoms with E-state index in [0.29, 0.717) is 11.8 Å². The second-order valence-corrected chi connectivity index (χ2v) is 6.70. The topological polar surface area (TPSA) is 43.4 Å². The number of alkyl halides is 1. The molecule has 3 unspecified atom stereocenters. The van der Waals surface area contributed by atoms with Gasteiger partial charge in [-0.2, -0.15) is 0 Å². The number of esters is 1. The Morgan fingerprint density at radius 3 is 2.44 bits per heavy atom. The Balaban J connectivity index is 1.98. The average molecular weight is 271 g/mol. The van der Waals surface area contributed by atoms with E-state index >= 15 is 0 Å². The highest BCUT2D eigenvalue weighted by molar-refractivity contribution is 6.46. The van der Waals surface area contributed by atoms with Crippen molar-refractivity contribution in [1.82, 2.24) is 0 Å². The second kappa shape index (κ2) is 4.22. The molecule has 0 spiro atoms. The van der Waals surface area contributed by atoms with Crippen molar-refractivity contribution in [2.75, 3.05) is 6.61 Å². The third-order valence-electron chi connectivity index (χ3n) is 5.00. The zero-order valence-electron chi connectivity index (χ0n) is 10.7. The number of ketones is 1. The Morgan fingerprint density at radius 2 is 1.89 bits per heavy atom. The summed E-state index contributed by atoms with van der Waals surface area (Å²) in [5.74, 6) is 0.593. The first-order valence-corrected chi connectivity index (χ1v) is 7.33. The first-order chi connectivity index (χ1) is 8.55. The van der Waals surface area contributed by atoms with Crippen molar-refractivity contribution in [3.63, 3.8) is 0 Å². The van der Waals surface area contributed by atoms with Gasteiger partial charge in [0.25, 0.3) is 0 Å². The molecule has 100 valence electrons. The van der Waals surface area contributed by atoms with Gasteiger partial charge in [-0.25, -0.2) is 4.79 Å². The van der Waals surface area contributed by atoms with E-state index in [1.54, 1.807) is 6.92 Å². The molecule has 3 atom stereocenters. The molecule has 0 radical (unpaired) electrons. The van der Waals surface area contributed by atoms with Crippen LogP contribution in [0, 0.1) is 23.7 Å². The maximum atomic E-state index is 12.6. The number of halogens is 1. The lowest BCUT2D eigenvalue weighted by Crippen LogP contribution is -2.49. The molecule has 0 heterocycles. The quantitative estimate of drug-likeness (QED) is 0.440. The van der Waals surface area contributed by atoms with Gasteiger partial charge in [-0.15, -0.1) is 0 Å². The minimum absolute atomic E-state index is 0.0110. The summed E-state index contributed by atoms with van der Waals surface area (Å²) in [5.41, 5.74) is 0. The van der Waals surface area contributed by atoms with E-state index in [-0.39, 0.29) is 24.2 Å². The molecule has 0 amide bonds. The van der Waals surface area contributed by atoms with Crippen LogP contribution in [-0.2, 0) is 14.3 Å².